The summed E-state index contributed by atoms with van der Waals surface area (Å²) in [6.07, 6.45) is 1.52. The third-order valence-corrected chi connectivity index (χ3v) is 2.38. The number of carboxylic acid groups (broad SMARTS) is 1. The van der Waals surface area contributed by atoms with Crippen molar-refractivity contribution in [1.29, 1.82) is 0 Å². The van der Waals surface area contributed by atoms with Crippen molar-refractivity contribution in [1.82, 2.24) is 0 Å². The summed E-state index contributed by atoms with van der Waals surface area (Å²) in [4.78, 5) is 11.0. The Morgan fingerprint density at radius 1 is 1.59 bits per heavy atom. The first-order valence-corrected chi connectivity index (χ1v) is 5.20. The maximum atomic E-state index is 11.0. The number of rotatable bonds is 4. The molecule has 1 N–H and O–H groups in total. The zero-order valence-corrected chi connectivity index (χ0v) is 9.53. The van der Waals surface area contributed by atoms with Crippen LogP contribution >= 0.6 is 11.6 Å². The summed E-state index contributed by atoms with van der Waals surface area (Å²) in [5, 5.41) is 10.0. The molecule has 0 aliphatic rings. The van der Waals surface area contributed by atoms with Gasteiger partial charge in [0.05, 0.1) is 5.39 Å². The van der Waals surface area contributed by atoms with Crippen LogP contribution in [-0.4, -0.2) is 17.7 Å². The standard InChI is InChI=1S/C12H9ClO4/c1-2-5-16-10-8-6-7(13)3-4-9(8)17-11(10)12(14)15/h2-4,6H,1,5H2,(H,14,15). The number of carboxylic acids is 1. The molecule has 0 saturated carbocycles. The SMILES string of the molecule is C=CCOc1c(C(=O)O)oc2ccc(Cl)cc12. The number of hydrogen-bond acceptors (Lipinski definition) is 3. The minimum Gasteiger partial charge on any atom is -0.485 e. The van der Waals surface area contributed by atoms with Crippen molar-refractivity contribution in [3.63, 3.8) is 0 Å². The lowest BCUT2D eigenvalue weighted by Crippen LogP contribution is -2.00. The number of fused-ring (bicyclic) bond motifs is 1. The van der Waals surface area contributed by atoms with E-state index in [2.05, 4.69) is 6.58 Å². The van der Waals surface area contributed by atoms with Gasteiger partial charge in [0, 0.05) is 5.02 Å². The van der Waals surface area contributed by atoms with Crippen LogP contribution in [-0.2, 0) is 0 Å². The summed E-state index contributed by atoms with van der Waals surface area (Å²) in [6.45, 7) is 3.70. The van der Waals surface area contributed by atoms with Crippen molar-refractivity contribution in [3.05, 3.63) is 41.6 Å². The topological polar surface area (TPSA) is 59.7 Å². The second-order valence-corrected chi connectivity index (χ2v) is 3.74. The molecule has 0 aliphatic carbocycles. The third-order valence-electron chi connectivity index (χ3n) is 2.14. The van der Waals surface area contributed by atoms with Crippen LogP contribution in [0.4, 0.5) is 0 Å². The highest BCUT2D eigenvalue weighted by atomic mass is 35.5. The molecular formula is C12H9ClO4. The second kappa shape index (κ2) is 4.51. The highest BCUT2D eigenvalue weighted by Gasteiger charge is 2.21. The summed E-state index contributed by atoms with van der Waals surface area (Å²) < 4.78 is 10.5. The third kappa shape index (κ3) is 2.12. The summed E-state index contributed by atoms with van der Waals surface area (Å²) in [6, 6.07) is 4.83. The molecule has 2 rings (SSSR count). The molecular weight excluding hydrogens is 244 g/mol. The van der Waals surface area contributed by atoms with E-state index in [0.717, 1.165) is 0 Å². The Hall–Kier alpha value is -1.94. The van der Waals surface area contributed by atoms with Gasteiger partial charge in [0.25, 0.3) is 5.76 Å². The lowest BCUT2D eigenvalue weighted by molar-refractivity contribution is 0.0659. The summed E-state index contributed by atoms with van der Waals surface area (Å²) in [7, 11) is 0. The monoisotopic (exact) mass is 252 g/mol. The first-order chi connectivity index (χ1) is 8.13. The minimum absolute atomic E-state index is 0.176. The molecule has 0 atom stereocenters. The number of carbonyl (C=O) groups is 1. The molecule has 1 aromatic carbocycles. The van der Waals surface area contributed by atoms with E-state index in [1.807, 2.05) is 0 Å². The predicted molar refractivity (Wildman–Crippen MR) is 63.9 cm³/mol. The fraction of sp³-hybridized carbons (Fsp3) is 0.0833. The van der Waals surface area contributed by atoms with Gasteiger partial charge < -0.3 is 14.3 Å². The number of hydrogen-bond donors (Lipinski definition) is 1. The highest BCUT2D eigenvalue weighted by molar-refractivity contribution is 6.31. The van der Waals surface area contributed by atoms with Crippen LogP contribution in [0.5, 0.6) is 5.75 Å². The Morgan fingerprint density at radius 2 is 2.35 bits per heavy atom. The van der Waals surface area contributed by atoms with E-state index in [0.29, 0.717) is 16.0 Å². The Bertz CT molecular complexity index is 585. The number of aromatic carboxylic acids is 1. The number of furan rings is 1. The fourth-order valence-electron chi connectivity index (χ4n) is 1.47. The van der Waals surface area contributed by atoms with Crippen molar-refractivity contribution >= 4 is 28.5 Å². The van der Waals surface area contributed by atoms with Crippen molar-refractivity contribution in [2.45, 2.75) is 0 Å². The van der Waals surface area contributed by atoms with Crippen LogP contribution in [0.1, 0.15) is 10.6 Å². The Balaban J connectivity index is 2.63. The van der Waals surface area contributed by atoms with E-state index in [4.69, 9.17) is 25.9 Å². The van der Waals surface area contributed by atoms with Gasteiger partial charge >= 0.3 is 5.97 Å². The molecule has 0 saturated heterocycles. The van der Waals surface area contributed by atoms with E-state index in [9.17, 15) is 4.79 Å². The second-order valence-electron chi connectivity index (χ2n) is 3.31. The van der Waals surface area contributed by atoms with Gasteiger partial charge in [-0.05, 0) is 18.2 Å². The molecule has 0 bridgehead atoms. The molecule has 0 unspecified atom stereocenters. The lowest BCUT2D eigenvalue weighted by atomic mass is 10.2. The largest absolute Gasteiger partial charge is 0.485 e. The molecule has 88 valence electrons. The molecule has 2 aromatic rings. The van der Waals surface area contributed by atoms with Crippen LogP contribution < -0.4 is 4.74 Å². The first kappa shape index (κ1) is 11.5. The molecule has 1 heterocycles. The maximum Gasteiger partial charge on any atom is 0.375 e. The van der Waals surface area contributed by atoms with E-state index < -0.39 is 5.97 Å². The Morgan fingerprint density at radius 3 is 3.00 bits per heavy atom. The van der Waals surface area contributed by atoms with Gasteiger partial charge in [-0.3, -0.25) is 0 Å². The zero-order valence-electron chi connectivity index (χ0n) is 8.77. The normalized spacial score (nSPS) is 10.4. The number of benzene rings is 1. The van der Waals surface area contributed by atoms with Crippen molar-refractivity contribution in [2.24, 2.45) is 0 Å². The highest BCUT2D eigenvalue weighted by Crippen LogP contribution is 2.34. The van der Waals surface area contributed by atoms with E-state index in [-0.39, 0.29) is 18.1 Å². The quantitative estimate of drug-likeness (QED) is 0.848. The van der Waals surface area contributed by atoms with Crippen LogP contribution in [0.2, 0.25) is 5.02 Å². The van der Waals surface area contributed by atoms with E-state index in [1.54, 1.807) is 18.2 Å². The Kier molecular flexibility index (Phi) is 3.06. The van der Waals surface area contributed by atoms with Crippen molar-refractivity contribution < 1.29 is 19.1 Å². The van der Waals surface area contributed by atoms with Gasteiger partial charge in [-0.2, -0.15) is 0 Å². The van der Waals surface area contributed by atoms with Crippen molar-refractivity contribution in [2.75, 3.05) is 6.61 Å². The zero-order chi connectivity index (χ0) is 12.4. The van der Waals surface area contributed by atoms with Gasteiger partial charge in [-0.15, -0.1) is 0 Å². The first-order valence-electron chi connectivity index (χ1n) is 4.82. The van der Waals surface area contributed by atoms with E-state index >= 15 is 0 Å². The van der Waals surface area contributed by atoms with Gasteiger partial charge in [0.15, 0.2) is 5.75 Å². The molecule has 5 heteroatoms. The Labute approximate surface area is 102 Å². The summed E-state index contributed by atoms with van der Waals surface area (Å²) in [5.74, 6) is -1.24. The van der Waals surface area contributed by atoms with Crippen molar-refractivity contribution in [3.8, 4) is 5.75 Å². The molecule has 0 spiro atoms. The van der Waals surface area contributed by atoms with Crippen LogP contribution in [0.15, 0.2) is 35.3 Å². The molecule has 17 heavy (non-hydrogen) atoms. The summed E-state index contributed by atoms with van der Waals surface area (Å²) >= 11 is 5.85. The molecule has 0 amide bonds. The molecule has 0 radical (unpaired) electrons. The van der Waals surface area contributed by atoms with Crippen LogP contribution in [0, 0.1) is 0 Å². The number of halogens is 1. The van der Waals surface area contributed by atoms with Gasteiger partial charge in [0.1, 0.15) is 12.2 Å². The lowest BCUT2D eigenvalue weighted by Gasteiger charge is -2.01. The van der Waals surface area contributed by atoms with E-state index in [1.165, 1.54) is 6.08 Å². The minimum atomic E-state index is -1.18. The van der Waals surface area contributed by atoms with Crippen LogP contribution in [0.25, 0.3) is 11.0 Å². The smallest absolute Gasteiger partial charge is 0.375 e. The molecule has 1 aromatic heterocycles. The van der Waals surface area contributed by atoms with Gasteiger partial charge in [-0.1, -0.05) is 24.3 Å². The summed E-state index contributed by atoms with van der Waals surface area (Å²) in [5.41, 5.74) is 0.422. The van der Waals surface area contributed by atoms with Crippen LogP contribution in [0.3, 0.4) is 0 Å². The number of ether oxygens (including phenoxy) is 1. The predicted octanol–water partition coefficient (Wildman–Crippen LogP) is 3.35. The fourth-order valence-corrected chi connectivity index (χ4v) is 1.65. The average molecular weight is 253 g/mol. The average Bonchev–Trinajstić information content (AvgIpc) is 2.64. The molecule has 4 nitrogen and oxygen atoms in total. The molecule has 0 aliphatic heterocycles. The van der Waals surface area contributed by atoms with Gasteiger partial charge in [-0.25, -0.2) is 4.79 Å². The van der Waals surface area contributed by atoms with Gasteiger partial charge in [0.2, 0.25) is 0 Å². The molecule has 0 fully saturated rings. The maximum absolute atomic E-state index is 11.0.